The van der Waals surface area contributed by atoms with E-state index >= 15 is 0 Å². The van der Waals surface area contributed by atoms with Gasteiger partial charge in [-0.25, -0.2) is 0 Å². The van der Waals surface area contributed by atoms with Gasteiger partial charge in [-0.2, -0.15) is 0 Å². The average molecular weight is 279 g/mol. The number of nitrogens with two attached hydrogens (primary N) is 1. The van der Waals surface area contributed by atoms with E-state index in [1.165, 1.54) is 7.11 Å². The average Bonchev–Trinajstić information content (AvgIpc) is 2.49. The lowest BCUT2D eigenvalue weighted by molar-refractivity contribution is -0.118. The van der Waals surface area contributed by atoms with Gasteiger partial charge in [-0.1, -0.05) is 0 Å². The summed E-state index contributed by atoms with van der Waals surface area (Å²) >= 11 is 0. The molecule has 20 heavy (non-hydrogen) atoms. The van der Waals surface area contributed by atoms with Crippen LogP contribution in [0.4, 0.5) is 11.4 Å². The van der Waals surface area contributed by atoms with E-state index in [0.717, 1.165) is 37.7 Å². The molecule has 0 radical (unpaired) electrons. The molecule has 1 amide bonds. The number of morpholine rings is 1. The van der Waals surface area contributed by atoms with Crippen molar-refractivity contribution in [2.45, 2.75) is 6.04 Å². The number of ether oxygens (including phenoxy) is 2. The first-order chi connectivity index (χ1) is 9.70. The van der Waals surface area contributed by atoms with Crippen LogP contribution in [0.1, 0.15) is 0 Å². The molecule has 6 nitrogen and oxygen atoms in total. The minimum atomic E-state index is -0.654. The molecule has 6 heteroatoms. The molecule has 0 bridgehead atoms. The second-order valence-corrected chi connectivity index (χ2v) is 4.70. The van der Waals surface area contributed by atoms with Crippen LogP contribution in [0.15, 0.2) is 24.3 Å². The van der Waals surface area contributed by atoms with Crippen molar-refractivity contribution in [2.24, 2.45) is 5.73 Å². The molecule has 110 valence electrons. The van der Waals surface area contributed by atoms with Crippen molar-refractivity contribution < 1.29 is 14.3 Å². The Labute approximate surface area is 118 Å². The minimum absolute atomic E-state index is 0.206. The highest BCUT2D eigenvalue weighted by Crippen LogP contribution is 2.19. The summed E-state index contributed by atoms with van der Waals surface area (Å²) in [6.45, 7) is 3.50. The number of nitrogens with zero attached hydrogens (tertiary/aromatic N) is 1. The topological polar surface area (TPSA) is 76.8 Å². The standard InChI is InChI=1S/C14H21N3O3/c1-19-10-13(15)14(18)16-11-2-4-12(5-3-11)17-6-8-20-9-7-17/h2-5,13H,6-10,15H2,1H3,(H,16,18). The van der Waals surface area contributed by atoms with Crippen LogP contribution in [-0.4, -0.2) is 52.0 Å². The van der Waals surface area contributed by atoms with Crippen molar-refractivity contribution in [3.05, 3.63) is 24.3 Å². The highest BCUT2D eigenvalue weighted by atomic mass is 16.5. The zero-order valence-corrected chi connectivity index (χ0v) is 11.7. The van der Waals surface area contributed by atoms with Gasteiger partial charge < -0.3 is 25.4 Å². The Balaban J connectivity index is 1.92. The first-order valence-electron chi connectivity index (χ1n) is 6.69. The van der Waals surface area contributed by atoms with Crippen LogP contribution in [0.2, 0.25) is 0 Å². The number of methoxy groups -OCH3 is 1. The van der Waals surface area contributed by atoms with E-state index in [1.807, 2.05) is 24.3 Å². The first-order valence-corrected chi connectivity index (χ1v) is 6.69. The SMILES string of the molecule is COCC(N)C(=O)Nc1ccc(N2CCOCC2)cc1. The molecule has 1 atom stereocenters. The minimum Gasteiger partial charge on any atom is -0.383 e. The number of nitrogens with one attached hydrogen (secondary N) is 1. The quantitative estimate of drug-likeness (QED) is 0.817. The van der Waals surface area contributed by atoms with Gasteiger partial charge in [-0.05, 0) is 24.3 Å². The molecule has 0 aliphatic carbocycles. The molecular formula is C14H21N3O3. The molecule has 1 aliphatic rings. The summed E-state index contributed by atoms with van der Waals surface area (Å²) in [6, 6.07) is 7.08. The lowest BCUT2D eigenvalue weighted by atomic mass is 10.2. The Kier molecular flexibility index (Phi) is 5.34. The van der Waals surface area contributed by atoms with E-state index in [1.54, 1.807) is 0 Å². The maximum atomic E-state index is 11.7. The lowest BCUT2D eigenvalue weighted by Crippen LogP contribution is -2.39. The normalized spacial score (nSPS) is 16.8. The molecule has 0 spiro atoms. The summed E-state index contributed by atoms with van der Waals surface area (Å²) in [5, 5.41) is 2.77. The van der Waals surface area contributed by atoms with Gasteiger partial charge >= 0.3 is 0 Å². The Morgan fingerprint density at radius 2 is 2.05 bits per heavy atom. The van der Waals surface area contributed by atoms with Crippen molar-refractivity contribution in [1.29, 1.82) is 0 Å². The van der Waals surface area contributed by atoms with E-state index in [0.29, 0.717) is 0 Å². The molecular weight excluding hydrogens is 258 g/mol. The predicted octanol–water partition coefficient (Wildman–Crippen LogP) is 0.435. The molecule has 0 saturated carbocycles. The maximum Gasteiger partial charge on any atom is 0.243 e. The Morgan fingerprint density at radius 3 is 2.65 bits per heavy atom. The highest BCUT2D eigenvalue weighted by Gasteiger charge is 2.14. The Hall–Kier alpha value is -1.63. The molecule has 1 saturated heterocycles. The third kappa shape index (κ3) is 3.93. The molecule has 2 rings (SSSR count). The number of benzene rings is 1. The fourth-order valence-electron chi connectivity index (χ4n) is 2.07. The summed E-state index contributed by atoms with van der Waals surface area (Å²) in [4.78, 5) is 14.0. The van der Waals surface area contributed by atoms with Gasteiger partial charge in [0, 0.05) is 31.6 Å². The molecule has 1 heterocycles. The third-order valence-corrected chi connectivity index (χ3v) is 3.19. The van der Waals surface area contributed by atoms with Crippen LogP contribution in [0.3, 0.4) is 0 Å². The molecule has 1 fully saturated rings. The number of carbonyl (C=O) groups is 1. The van der Waals surface area contributed by atoms with E-state index in [2.05, 4.69) is 10.2 Å². The van der Waals surface area contributed by atoms with E-state index in [4.69, 9.17) is 15.2 Å². The van der Waals surface area contributed by atoms with E-state index in [9.17, 15) is 4.79 Å². The maximum absolute atomic E-state index is 11.7. The van der Waals surface area contributed by atoms with Crippen LogP contribution >= 0.6 is 0 Å². The number of hydrogen-bond donors (Lipinski definition) is 2. The van der Waals surface area contributed by atoms with Crippen molar-refractivity contribution in [1.82, 2.24) is 0 Å². The van der Waals surface area contributed by atoms with Gasteiger partial charge in [-0.15, -0.1) is 0 Å². The van der Waals surface area contributed by atoms with Crippen LogP contribution in [0.25, 0.3) is 0 Å². The number of anilines is 2. The van der Waals surface area contributed by atoms with Gasteiger partial charge in [-0.3, -0.25) is 4.79 Å². The van der Waals surface area contributed by atoms with Gasteiger partial charge in [0.15, 0.2) is 0 Å². The number of rotatable bonds is 5. The van der Waals surface area contributed by atoms with Crippen LogP contribution in [0.5, 0.6) is 0 Å². The molecule has 0 aromatic heterocycles. The van der Waals surface area contributed by atoms with Crippen molar-refractivity contribution in [3.63, 3.8) is 0 Å². The monoisotopic (exact) mass is 279 g/mol. The van der Waals surface area contributed by atoms with Crippen LogP contribution in [-0.2, 0) is 14.3 Å². The first kappa shape index (κ1) is 14.8. The van der Waals surface area contributed by atoms with Gasteiger partial charge in [0.2, 0.25) is 5.91 Å². The van der Waals surface area contributed by atoms with Crippen LogP contribution in [0, 0.1) is 0 Å². The van der Waals surface area contributed by atoms with Crippen molar-refractivity contribution in [3.8, 4) is 0 Å². The summed E-state index contributed by atoms with van der Waals surface area (Å²) in [7, 11) is 1.52. The van der Waals surface area contributed by atoms with E-state index < -0.39 is 6.04 Å². The number of amides is 1. The molecule has 1 aliphatic heterocycles. The van der Waals surface area contributed by atoms with Crippen LogP contribution < -0.4 is 16.0 Å². The largest absolute Gasteiger partial charge is 0.383 e. The molecule has 3 N–H and O–H groups in total. The Morgan fingerprint density at radius 1 is 1.40 bits per heavy atom. The van der Waals surface area contributed by atoms with Crippen molar-refractivity contribution >= 4 is 17.3 Å². The zero-order valence-electron chi connectivity index (χ0n) is 11.7. The summed E-state index contributed by atoms with van der Waals surface area (Å²) < 4.78 is 10.2. The second-order valence-electron chi connectivity index (χ2n) is 4.70. The number of hydrogen-bond acceptors (Lipinski definition) is 5. The highest BCUT2D eigenvalue weighted by molar-refractivity contribution is 5.94. The summed E-state index contributed by atoms with van der Waals surface area (Å²) in [5.74, 6) is -0.244. The van der Waals surface area contributed by atoms with Crippen molar-refractivity contribution in [2.75, 3.05) is 50.2 Å². The fraction of sp³-hybridized carbons (Fsp3) is 0.500. The number of carbonyl (C=O) groups excluding carboxylic acids is 1. The molecule has 1 aromatic carbocycles. The van der Waals surface area contributed by atoms with Gasteiger partial charge in [0.1, 0.15) is 6.04 Å². The molecule has 1 unspecified atom stereocenters. The Bertz CT molecular complexity index is 430. The smallest absolute Gasteiger partial charge is 0.243 e. The van der Waals surface area contributed by atoms with Gasteiger partial charge in [0.05, 0.1) is 19.8 Å². The summed E-state index contributed by atoms with van der Waals surface area (Å²) in [6.07, 6.45) is 0. The zero-order chi connectivity index (χ0) is 14.4. The summed E-state index contributed by atoms with van der Waals surface area (Å²) in [5.41, 5.74) is 7.53. The van der Waals surface area contributed by atoms with E-state index in [-0.39, 0.29) is 12.5 Å². The third-order valence-electron chi connectivity index (χ3n) is 3.19. The predicted molar refractivity (Wildman–Crippen MR) is 78.0 cm³/mol. The van der Waals surface area contributed by atoms with Gasteiger partial charge in [0.25, 0.3) is 0 Å². The second kappa shape index (κ2) is 7.23. The fourth-order valence-corrected chi connectivity index (χ4v) is 2.07. The molecule has 1 aromatic rings. The lowest BCUT2D eigenvalue weighted by Gasteiger charge is -2.28.